The molecule has 0 radical (unpaired) electrons. The SMILES string of the molecule is CC1(C)CCNC(C)(C)C1O. The number of hydrogen-bond donors (Lipinski definition) is 2. The molecule has 0 saturated carbocycles. The Kier molecular flexibility index (Phi) is 2.01. The highest BCUT2D eigenvalue weighted by atomic mass is 16.3. The highest BCUT2D eigenvalue weighted by Crippen LogP contribution is 2.34. The molecular formula is C9H19NO. The predicted molar refractivity (Wildman–Crippen MR) is 46.5 cm³/mol. The van der Waals surface area contributed by atoms with Crippen LogP contribution in [-0.2, 0) is 0 Å². The molecule has 2 N–H and O–H groups in total. The van der Waals surface area contributed by atoms with Gasteiger partial charge in [0.2, 0.25) is 0 Å². The van der Waals surface area contributed by atoms with E-state index in [9.17, 15) is 5.11 Å². The van der Waals surface area contributed by atoms with Gasteiger partial charge in [0, 0.05) is 5.54 Å². The number of hydrogen-bond acceptors (Lipinski definition) is 2. The van der Waals surface area contributed by atoms with E-state index in [-0.39, 0.29) is 17.1 Å². The molecule has 0 bridgehead atoms. The van der Waals surface area contributed by atoms with Crippen LogP contribution in [0.25, 0.3) is 0 Å². The second-order valence-electron chi connectivity index (χ2n) is 4.79. The van der Waals surface area contributed by atoms with Crippen molar-refractivity contribution in [2.24, 2.45) is 5.41 Å². The van der Waals surface area contributed by atoms with Gasteiger partial charge in [-0.3, -0.25) is 0 Å². The molecule has 0 aromatic rings. The van der Waals surface area contributed by atoms with Gasteiger partial charge in [0.1, 0.15) is 0 Å². The topological polar surface area (TPSA) is 32.3 Å². The number of aliphatic hydroxyl groups is 1. The first-order valence-electron chi connectivity index (χ1n) is 4.29. The summed E-state index contributed by atoms with van der Waals surface area (Å²) in [6.45, 7) is 9.37. The monoisotopic (exact) mass is 157 g/mol. The summed E-state index contributed by atoms with van der Waals surface area (Å²) >= 11 is 0. The average molecular weight is 157 g/mol. The zero-order valence-electron chi connectivity index (χ0n) is 7.94. The third kappa shape index (κ3) is 1.57. The van der Waals surface area contributed by atoms with Gasteiger partial charge in [-0.1, -0.05) is 13.8 Å². The first kappa shape index (κ1) is 9.01. The lowest BCUT2D eigenvalue weighted by atomic mass is 9.72. The Morgan fingerprint density at radius 3 is 2.18 bits per heavy atom. The second kappa shape index (κ2) is 2.46. The fourth-order valence-electron chi connectivity index (χ4n) is 1.92. The van der Waals surface area contributed by atoms with Gasteiger partial charge in [-0.15, -0.1) is 0 Å². The number of piperidine rings is 1. The van der Waals surface area contributed by atoms with Crippen molar-refractivity contribution in [1.29, 1.82) is 0 Å². The Hall–Kier alpha value is -0.0800. The molecule has 66 valence electrons. The van der Waals surface area contributed by atoms with Crippen molar-refractivity contribution in [3.8, 4) is 0 Å². The molecular weight excluding hydrogens is 138 g/mol. The van der Waals surface area contributed by atoms with Crippen molar-refractivity contribution >= 4 is 0 Å². The predicted octanol–water partition coefficient (Wildman–Crippen LogP) is 1.15. The molecule has 1 aliphatic rings. The van der Waals surface area contributed by atoms with Crippen LogP contribution in [0.15, 0.2) is 0 Å². The van der Waals surface area contributed by atoms with Gasteiger partial charge in [-0.05, 0) is 32.2 Å². The molecule has 2 heteroatoms. The quantitative estimate of drug-likeness (QED) is 0.553. The summed E-state index contributed by atoms with van der Waals surface area (Å²) in [6, 6.07) is 0. The summed E-state index contributed by atoms with van der Waals surface area (Å²) in [5.74, 6) is 0. The van der Waals surface area contributed by atoms with E-state index in [2.05, 4.69) is 33.0 Å². The Morgan fingerprint density at radius 1 is 1.27 bits per heavy atom. The molecule has 1 heterocycles. The minimum Gasteiger partial charge on any atom is -0.391 e. The van der Waals surface area contributed by atoms with Crippen LogP contribution < -0.4 is 5.32 Å². The van der Waals surface area contributed by atoms with E-state index < -0.39 is 0 Å². The molecule has 0 spiro atoms. The summed E-state index contributed by atoms with van der Waals surface area (Å²) in [5.41, 5.74) is -0.0590. The molecule has 0 aromatic carbocycles. The normalized spacial score (nSPS) is 35.2. The van der Waals surface area contributed by atoms with Crippen molar-refractivity contribution in [2.75, 3.05) is 6.54 Å². The van der Waals surface area contributed by atoms with Crippen molar-refractivity contribution < 1.29 is 5.11 Å². The maximum atomic E-state index is 9.90. The van der Waals surface area contributed by atoms with Gasteiger partial charge in [-0.25, -0.2) is 0 Å². The van der Waals surface area contributed by atoms with E-state index in [0.717, 1.165) is 13.0 Å². The highest BCUT2D eigenvalue weighted by molar-refractivity contribution is 4.98. The fourth-order valence-corrected chi connectivity index (χ4v) is 1.92. The van der Waals surface area contributed by atoms with Gasteiger partial charge >= 0.3 is 0 Å². The van der Waals surface area contributed by atoms with E-state index in [1.165, 1.54) is 0 Å². The van der Waals surface area contributed by atoms with Crippen LogP contribution in [0.2, 0.25) is 0 Å². The first-order chi connectivity index (χ1) is 4.86. The molecule has 0 amide bonds. The number of rotatable bonds is 0. The highest BCUT2D eigenvalue weighted by Gasteiger charge is 2.42. The van der Waals surface area contributed by atoms with Crippen molar-refractivity contribution in [2.45, 2.75) is 45.8 Å². The van der Waals surface area contributed by atoms with Crippen LogP contribution in [0.5, 0.6) is 0 Å². The summed E-state index contributed by atoms with van der Waals surface area (Å²) in [4.78, 5) is 0. The van der Waals surface area contributed by atoms with Gasteiger partial charge in [0.15, 0.2) is 0 Å². The molecule has 2 nitrogen and oxygen atoms in total. The molecule has 1 fully saturated rings. The third-order valence-electron chi connectivity index (χ3n) is 2.77. The van der Waals surface area contributed by atoms with E-state index in [1.807, 2.05) is 0 Å². The Bertz CT molecular complexity index is 136. The maximum Gasteiger partial charge on any atom is 0.0767 e. The zero-order chi connectivity index (χ0) is 8.70. The van der Waals surface area contributed by atoms with Crippen LogP contribution in [0.4, 0.5) is 0 Å². The fraction of sp³-hybridized carbons (Fsp3) is 1.00. The molecule has 1 unspecified atom stereocenters. The molecule has 1 saturated heterocycles. The summed E-state index contributed by atoms with van der Waals surface area (Å²) < 4.78 is 0. The van der Waals surface area contributed by atoms with E-state index >= 15 is 0 Å². The lowest BCUT2D eigenvalue weighted by molar-refractivity contribution is -0.0440. The zero-order valence-corrected chi connectivity index (χ0v) is 7.94. The molecule has 11 heavy (non-hydrogen) atoms. The maximum absolute atomic E-state index is 9.90. The van der Waals surface area contributed by atoms with Crippen LogP contribution >= 0.6 is 0 Å². The lowest BCUT2D eigenvalue weighted by Gasteiger charge is -2.46. The average Bonchev–Trinajstić information content (AvgIpc) is 1.82. The van der Waals surface area contributed by atoms with Gasteiger partial charge in [0.25, 0.3) is 0 Å². The standard InChI is InChI=1S/C9H19NO/c1-8(2)5-6-10-9(3,4)7(8)11/h7,10-11H,5-6H2,1-4H3. The molecule has 0 aliphatic carbocycles. The van der Waals surface area contributed by atoms with Crippen molar-refractivity contribution in [3.63, 3.8) is 0 Å². The number of aliphatic hydroxyl groups excluding tert-OH is 1. The molecule has 0 aromatic heterocycles. The smallest absolute Gasteiger partial charge is 0.0767 e. The third-order valence-corrected chi connectivity index (χ3v) is 2.77. The van der Waals surface area contributed by atoms with Crippen LogP contribution in [0.1, 0.15) is 34.1 Å². The van der Waals surface area contributed by atoms with E-state index in [0.29, 0.717) is 0 Å². The molecule has 1 rings (SSSR count). The summed E-state index contributed by atoms with van der Waals surface area (Å²) in [5, 5.41) is 13.2. The Balaban J connectivity index is 2.76. The van der Waals surface area contributed by atoms with Crippen LogP contribution in [0, 0.1) is 5.41 Å². The van der Waals surface area contributed by atoms with Crippen LogP contribution in [0.3, 0.4) is 0 Å². The largest absolute Gasteiger partial charge is 0.391 e. The lowest BCUT2D eigenvalue weighted by Crippen LogP contribution is -2.60. The Morgan fingerprint density at radius 2 is 1.82 bits per heavy atom. The van der Waals surface area contributed by atoms with Gasteiger partial charge < -0.3 is 10.4 Å². The molecule has 1 aliphatic heterocycles. The van der Waals surface area contributed by atoms with Crippen molar-refractivity contribution in [1.82, 2.24) is 5.32 Å². The number of nitrogens with one attached hydrogen (secondary N) is 1. The van der Waals surface area contributed by atoms with E-state index in [1.54, 1.807) is 0 Å². The minimum absolute atomic E-state index is 0.0642. The minimum atomic E-state index is -0.247. The van der Waals surface area contributed by atoms with Gasteiger partial charge in [-0.2, -0.15) is 0 Å². The molecule has 1 atom stereocenters. The second-order valence-corrected chi connectivity index (χ2v) is 4.79. The van der Waals surface area contributed by atoms with Crippen molar-refractivity contribution in [3.05, 3.63) is 0 Å². The van der Waals surface area contributed by atoms with E-state index in [4.69, 9.17) is 0 Å². The first-order valence-corrected chi connectivity index (χ1v) is 4.29. The summed E-state index contributed by atoms with van der Waals surface area (Å²) in [6.07, 6.45) is 0.807. The van der Waals surface area contributed by atoms with Gasteiger partial charge in [0.05, 0.1) is 6.10 Å². The van der Waals surface area contributed by atoms with Crippen LogP contribution in [-0.4, -0.2) is 23.3 Å². The summed E-state index contributed by atoms with van der Waals surface area (Å²) in [7, 11) is 0. The Labute approximate surface area is 69.0 Å².